The van der Waals surface area contributed by atoms with Crippen molar-refractivity contribution in [2.24, 2.45) is 0 Å². The predicted molar refractivity (Wildman–Crippen MR) is 51.4 cm³/mol. The average molecular weight is 276 g/mol. The smallest absolute Gasteiger partial charge is 0.327 e. The summed E-state index contributed by atoms with van der Waals surface area (Å²) >= 11 is 5.26. The Labute approximate surface area is 99.7 Å². The summed E-state index contributed by atoms with van der Waals surface area (Å²) in [5, 5.41) is 0. The zero-order valence-electron chi connectivity index (χ0n) is 8.64. The Morgan fingerprint density at radius 1 is 1.41 bits per heavy atom. The van der Waals surface area contributed by atoms with Crippen LogP contribution in [0.2, 0.25) is 0 Å². The Kier molecular flexibility index (Phi) is 4.35. The molecule has 0 aromatic rings. The van der Waals surface area contributed by atoms with Gasteiger partial charge in [0.25, 0.3) is 5.91 Å². The van der Waals surface area contributed by atoms with Crippen LogP contribution in [-0.2, 0) is 9.59 Å². The van der Waals surface area contributed by atoms with E-state index >= 15 is 0 Å². The van der Waals surface area contributed by atoms with Gasteiger partial charge in [-0.05, 0) is 12.8 Å². The van der Waals surface area contributed by atoms with Gasteiger partial charge >= 0.3 is 12.3 Å². The molecule has 0 N–H and O–H groups in total. The molecule has 0 aromatic carbocycles. The molecule has 0 bridgehead atoms. The Morgan fingerprint density at radius 3 is 2.47 bits per heavy atom. The number of ketones is 1. The molecule has 1 fully saturated rings. The van der Waals surface area contributed by atoms with Gasteiger partial charge in [0.05, 0.1) is 11.9 Å². The highest BCUT2D eigenvalue weighted by molar-refractivity contribution is 6.28. The number of carbonyl (C=O) groups excluding carboxylic acids is 2. The van der Waals surface area contributed by atoms with E-state index in [0.717, 1.165) is 0 Å². The van der Waals surface area contributed by atoms with Crippen LogP contribution in [0.1, 0.15) is 12.8 Å². The van der Waals surface area contributed by atoms with E-state index in [4.69, 9.17) is 11.6 Å². The molecule has 0 aromatic heterocycles. The van der Waals surface area contributed by atoms with Crippen LogP contribution in [0.25, 0.3) is 0 Å². The molecular weight excluding hydrogens is 266 g/mol. The van der Waals surface area contributed by atoms with E-state index in [9.17, 15) is 27.2 Å². The van der Waals surface area contributed by atoms with Crippen LogP contribution >= 0.6 is 11.6 Å². The van der Waals surface area contributed by atoms with E-state index in [1.165, 1.54) is 0 Å². The second kappa shape index (κ2) is 5.20. The van der Waals surface area contributed by atoms with Gasteiger partial charge in [0, 0.05) is 6.54 Å². The van der Waals surface area contributed by atoms with E-state index in [0.29, 0.717) is 11.3 Å². The topological polar surface area (TPSA) is 37.4 Å². The maximum absolute atomic E-state index is 12.8. The molecule has 3 nitrogen and oxygen atoms in total. The highest BCUT2D eigenvalue weighted by Gasteiger charge is 2.53. The van der Waals surface area contributed by atoms with Crippen molar-refractivity contribution in [2.75, 3.05) is 12.4 Å². The average Bonchev–Trinajstić information content (AvgIpc) is 2.75. The van der Waals surface area contributed by atoms with Crippen LogP contribution < -0.4 is 0 Å². The Balaban J connectivity index is 2.85. The molecule has 1 rings (SSSR count). The molecule has 1 amide bonds. The van der Waals surface area contributed by atoms with E-state index < -0.39 is 36.0 Å². The first-order valence-electron chi connectivity index (χ1n) is 4.88. The molecule has 1 heterocycles. The molecule has 8 heteroatoms. The van der Waals surface area contributed by atoms with E-state index in [1.54, 1.807) is 0 Å². The van der Waals surface area contributed by atoms with E-state index in [1.807, 2.05) is 0 Å². The molecular formula is C9H10ClF4NO2. The third-order valence-electron chi connectivity index (χ3n) is 2.58. The van der Waals surface area contributed by atoms with E-state index in [-0.39, 0.29) is 13.0 Å². The number of hydrogen-bond acceptors (Lipinski definition) is 2. The van der Waals surface area contributed by atoms with Crippen molar-refractivity contribution in [3.63, 3.8) is 0 Å². The Morgan fingerprint density at radius 2 is 2.00 bits per heavy atom. The predicted octanol–water partition coefficient (Wildman–Crippen LogP) is 1.69. The van der Waals surface area contributed by atoms with Crippen molar-refractivity contribution in [3.05, 3.63) is 0 Å². The minimum absolute atomic E-state index is 0.131. The lowest BCUT2D eigenvalue weighted by atomic mass is 10.1. The van der Waals surface area contributed by atoms with Gasteiger partial charge in [-0.15, -0.1) is 11.6 Å². The fourth-order valence-corrected chi connectivity index (χ4v) is 1.90. The van der Waals surface area contributed by atoms with Gasteiger partial charge in [0.2, 0.25) is 0 Å². The summed E-state index contributed by atoms with van der Waals surface area (Å²) in [6, 6.07) is -1.11. The SMILES string of the molecule is O=C(CCl)[C@@H]1CCCN1C(=O)C(F)(F)C(F)F. The maximum atomic E-state index is 12.8. The number of halogens is 5. The maximum Gasteiger partial charge on any atom is 0.383 e. The molecule has 1 atom stereocenters. The molecule has 0 saturated carbocycles. The first-order valence-corrected chi connectivity index (χ1v) is 5.41. The van der Waals surface area contributed by atoms with Crippen LogP contribution in [0.4, 0.5) is 17.6 Å². The number of likely N-dealkylation sites (tertiary alicyclic amines) is 1. The van der Waals surface area contributed by atoms with Gasteiger partial charge in [-0.25, -0.2) is 8.78 Å². The van der Waals surface area contributed by atoms with E-state index in [2.05, 4.69) is 0 Å². The zero-order valence-corrected chi connectivity index (χ0v) is 9.39. The normalized spacial score (nSPS) is 21.1. The van der Waals surface area contributed by atoms with Gasteiger partial charge in [0.15, 0.2) is 5.78 Å². The van der Waals surface area contributed by atoms with Crippen LogP contribution in [0.5, 0.6) is 0 Å². The van der Waals surface area contributed by atoms with Gasteiger partial charge in [-0.2, -0.15) is 8.78 Å². The van der Waals surface area contributed by atoms with Crippen LogP contribution in [-0.4, -0.2) is 47.4 Å². The highest BCUT2D eigenvalue weighted by Crippen LogP contribution is 2.29. The first-order chi connectivity index (χ1) is 7.82. The fraction of sp³-hybridized carbons (Fsp3) is 0.778. The fourth-order valence-electron chi connectivity index (χ4n) is 1.72. The van der Waals surface area contributed by atoms with Crippen molar-refractivity contribution in [2.45, 2.75) is 31.2 Å². The summed E-state index contributed by atoms with van der Waals surface area (Å²) in [4.78, 5) is 23.0. The molecule has 1 aliphatic rings. The van der Waals surface area contributed by atoms with Crippen molar-refractivity contribution < 1.29 is 27.2 Å². The van der Waals surface area contributed by atoms with Gasteiger partial charge in [0.1, 0.15) is 0 Å². The lowest BCUT2D eigenvalue weighted by Gasteiger charge is -2.26. The summed E-state index contributed by atoms with van der Waals surface area (Å²) in [6.07, 6.45) is -3.59. The number of amides is 1. The Hall–Kier alpha value is -0.850. The highest BCUT2D eigenvalue weighted by atomic mass is 35.5. The molecule has 1 aliphatic heterocycles. The molecule has 17 heavy (non-hydrogen) atoms. The minimum atomic E-state index is -4.75. The van der Waals surface area contributed by atoms with Crippen LogP contribution in [0.15, 0.2) is 0 Å². The number of nitrogens with zero attached hydrogens (tertiary/aromatic N) is 1. The number of hydrogen-bond donors (Lipinski definition) is 0. The van der Waals surface area contributed by atoms with Crippen LogP contribution in [0.3, 0.4) is 0 Å². The zero-order chi connectivity index (χ0) is 13.2. The lowest BCUT2D eigenvalue weighted by molar-refractivity contribution is -0.181. The third kappa shape index (κ3) is 2.70. The quantitative estimate of drug-likeness (QED) is 0.578. The van der Waals surface area contributed by atoms with Crippen molar-refractivity contribution in [3.8, 4) is 0 Å². The molecule has 0 aliphatic carbocycles. The molecule has 0 spiro atoms. The second-order valence-electron chi connectivity index (χ2n) is 3.68. The van der Waals surface area contributed by atoms with Crippen molar-refractivity contribution in [1.82, 2.24) is 4.90 Å². The van der Waals surface area contributed by atoms with Crippen molar-refractivity contribution in [1.29, 1.82) is 0 Å². The van der Waals surface area contributed by atoms with Crippen molar-refractivity contribution >= 4 is 23.3 Å². The number of alkyl halides is 5. The number of rotatable bonds is 4. The minimum Gasteiger partial charge on any atom is -0.327 e. The summed E-state index contributed by atoms with van der Waals surface area (Å²) in [5.41, 5.74) is 0. The summed E-state index contributed by atoms with van der Waals surface area (Å²) < 4.78 is 49.7. The summed E-state index contributed by atoms with van der Waals surface area (Å²) in [5.74, 6) is -7.81. The third-order valence-corrected chi connectivity index (χ3v) is 2.84. The number of carbonyl (C=O) groups is 2. The van der Waals surface area contributed by atoms with Crippen LogP contribution in [0, 0.1) is 0 Å². The summed E-state index contributed by atoms with van der Waals surface area (Å²) in [7, 11) is 0. The lowest BCUT2D eigenvalue weighted by Crippen LogP contribution is -2.51. The molecule has 0 radical (unpaired) electrons. The molecule has 98 valence electrons. The standard InChI is InChI=1S/C9H10ClF4NO2/c10-4-6(16)5-2-1-3-15(5)8(17)9(13,14)7(11)12/h5,7H,1-4H2/t5-/m0/s1. The summed E-state index contributed by atoms with van der Waals surface area (Å²) in [6.45, 7) is -0.131. The number of Topliss-reactive ketones (excluding diaryl/α,β-unsaturated/α-hetero) is 1. The second-order valence-corrected chi connectivity index (χ2v) is 3.95. The largest absolute Gasteiger partial charge is 0.383 e. The molecule has 0 unspecified atom stereocenters. The van der Waals surface area contributed by atoms with Gasteiger partial charge < -0.3 is 4.90 Å². The first kappa shape index (κ1) is 14.2. The molecule has 1 saturated heterocycles. The Bertz CT molecular complexity index is 324. The monoisotopic (exact) mass is 275 g/mol. The van der Waals surface area contributed by atoms with Gasteiger partial charge in [-0.1, -0.05) is 0 Å². The van der Waals surface area contributed by atoms with Gasteiger partial charge in [-0.3, -0.25) is 9.59 Å².